The molecule has 0 unspecified atom stereocenters. The van der Waals surface area contributed by atoms with E-state index >= 15 is 0 Å². The number of nitrogens with zero attached hydrogens (tertiary/aromatic N) is 4. The summed E-state index contributed by atoms with van der Waals surface area (Å²) in [5.41, 5.74) is 0.747. The van der Waals surface area contributed by atoms with E-state index in [0.717, 1.165) is 56.7 Å². The Morgan fingerprint density at radius 2 is 1.97 bits per heavy atom. The molecule has 156 valence electrons. The van der Waals surface area contributed by atoms with Crippen LogP contribution in [0.15, 0.2) is 18.3 Å². The molecule has 29 heavy (non-hydrogen) atoms. The zero-order valence-corrected chi connectivity index (χ0v) is 17.4. The summed E-state index contributed by atoms with van der Waals surface area (Å²) in [4.78, 5) is 36.8. The number of hydrogen-bond acceptors (Lipinski definition) is 4. The van der Waals surface area contributed by atoms with E-state index in [1.807, 2.05) is 17.0 Å². The van der Waals surface area contributed by atoms with Gasteiger partial charge in [0.1, 0.15) is 5.82 Å². The summed E-state index contributed by atoms with van der Waals surface area (Å²) in [5, 5.41) is 0. The highest BCUT2D eigenvalue weighted by Crippen LogP contribution is 2.39. The average Bonchev–Trinajstić information content (AvgIpc) is 3.58. The first-order valence-electron chi connectivity index (χ1n) is 11.4. The van der Waals surface area contributed by atoms with Gasteiger partial charge in [0.2, 0.25) is 5.91 Å². The van der Waals surface area contributed by atoms with Crippen molar-refractivity contribution in [3.63, 3.8) is 0 Å². The highest BCUT2D eigenvalue weighted by Gasteiger charge is 2.45. The van der Waals surface area contributed by atoms with Gasteiger partial charge in [-0.05, 0) is 69.9 Å². The van der Waals surface area contributed by atoms with Gasteiger partial charge in [-0.25, -0.2) is 4.98 Å². The molecule has 0 bridgehead atoms. The Morgan fingerprint density at radius 3 is 2.76 bits per heavy atom. The molecule has 1 aromatic heterocycles. The van der Waals surface area contributed by atoms with Crippen LogP contribution in [-0.2, 0) is 4.79 Å². The Hall–Kier alpha value is -2.11. The van der Waals surface area contributed by atoms with Gasteiger partial charge in [-0.3, -0.25) is 9.59 Å². The van der Waals surface area contributed by atoms with Crippen LogP contribution in [0.4, 0.5) is 5.82 Å². The minimum absolute atomic E-state index is 0.117. The molecule has 5 rings (SSSR count). The number of fused-ring (bicyclic) bond motifs is 1. The molecule has 4 aliphatic rings. The molecule has 1 saturated carbocycles. The number of pyridine rings is 1. The normalized spacial score (nSPS) is 30.3. The molecule has 0 N–H and O–H groups in total. The number of likely N-dealkylation sites (tertiary alicyclic amines) is 2. The van der Waals surface area contributed by atoms with Crippen molar-refractivity contribution in [1.82, 2.24) is 14.8 Å². The number of hydrogen-bond donors (Lipinski definition) is 0. The van der Waals surface area contributed by atoms with E-state index < -0.39 is 0 Å². The van der Waals surface area contributed by atoms with Gasteiger partial charge in [-0.2, -0.15) is 0 Å². The molecule has 3 atom stereocenters. The molecular weight excluding hydrogens is 364 g/mol. The molecule has 1 aromatic rings. The van der Waals surface area contributed by atoms with Crippen molar-refractivity contribution in [2.24, 2.45) is 5.92 Å². The van der Waals surface area contributed by atoms with E-state index in [-0.39, 0.29) is 5.91 Å². The van der Waals surface area contributed by atoms with Crippen molar-refractivity contribution < 1.29 is 9.59 Å². The Balaban J connectivity index is 1.29. The maximum atomic E-state index is 13.3. The fraction of sp³-hybridized carbons (Fsp3) is 0.696. The van der Waals surface area contributed by atoms with Crippen LogP contribution < -0.4 is 4.90 Å². The molecule has 4 fully saturated rings. The molecule has 4 heterocycles. The van der Waals surface area contributed by atoms with E-state index in [9.17, 15) is 9.59 Å². The standard InChI is InChI=1S/C23H32N4O2/c1-16-4-2-3-12-26(16)21-14-17(9-11-24-21)23(29)25-13-10-20-18(15-25)5-8-22(28)27(20)19-6-7-19/h9,11,14,16,18-20H,2-8,10,12-13,15H2,1H3/t16-,18+,20+/m1/s1. The summed E-state index contributed by atoms with van der Waals surface area (Å²) < 4.78 is 0. The minimum Gasteiger partial charge on any atom is -0.354 e. The van der Waals surface area contributed by atoms with Crippen molar-refractivity contribution >= 4 is 17.6 Å². The Bertz CT molecular complexity index is 793. The quantitative estimate of drug-likeness (QED) is 0.788. The summed E-state index contributed by atoms with van der Waals surface area (Å²) in [6.45, 7) is 4.78. The third kappa shape index (κ3) is 3.62. The first-order chi connectivity index (χ1) is 14.1. The minimum atomic E-state index is 0.117. The zero-order valence-electron chi connectivity index (χ0n) is 17.4. The van der Waals surface area contributed by atoms with E-state index in [0.29, 0.717) is 36.4 Å². The van der Waals surface area contributed by atoms with Crippen LogP contribution in [0.2, 0.25) is 0 Å². The number of aromatic nitrogens is 1. The van der Waals surface area contributed by atoms with Crippen LogP contribution in [-0.4, -0.2) is 64.4 Å². The number of anilines is 1. The second-order valence-corrected chi connectivity index (χ2v) is 9.38. The smallest absolute Gasteiger partial charge is 0.254 e. The zero-order chi connectivity index (χ0) is 20.0. The van der Waals surface area contributed by atoms with Crippen molar-refractivity contribution in [2.45, 2.75) is 76.4 Å². The fourth-order valence-corrected chi connectivity index (χ4v) is 5.63. The highest BCUT2D eigenvalue weighted by molar-refractivity contribution is 5.95. The molecule has 1 aliphatic carbocycles. The van der Waals surface area contributed by atoms with Gasteiger partial charge in [-0.15, -0.1) is 0 Å². The first kappa shape index (κ1) is 18.9. The third-order valence-electron chi connectivity index (χ3n) is 7.39. The third-order valence-corrected chi connectivity index (χ3v) is 7.39. The Morgan fingerprint density at radius 1 is 1.10 bits per heavy atom. The maximum absolute atomic E-state index is 13.3. The number of piperidine rings is 3. The lowest BCUT2D eigenvalue weighted by Crippen LogP contribution is -2.57. The number of carbonyl (C=O) groups excluding carboxylic acids is 2. The molecule has 0 radical (unpaired) electrons. The number of carbonyl (C=O) groups is 2. The van der Waals surface area contributed by atoms with Crippen LogP contribution in [0.5, 0.6) is 0 Å². The van der Waals surface area contributed by atoms with Gasteiger partial charge in [-0.1, -0.05) is 0 Å². The molecule has 3 saturated heterocycles. The van der Waals surface area contributed by atoms with Crippen LogP contribution in [0.25, 0.3) is 0 Å². The van der Waals surface area contributed by atoms with E-state index in [1.165, 1.54) is 19.3 Å². The maximum Gasteiger partial charge on any atom is 0.254 e. The highest BCUT2D eigenvalue weighted by atomic mass is 16.2. The van der Waals surface area contributed by atoms with Gasteiger partial charge in [0.05, 0.1) is 0 Å². The van der Waals surface area contributed by atoms with Gasteiger partial charge in [0.15, 0.2) is 0 Å². The van der Waals surface area contributed by atoms with Gasteiger partial charge in [0.25, 0.3) is 5.91 Å². The lowest BCUT2D eigenvalue weighted by molar-refractivity contribution is -0.141. The summed E-state index contributed by atoms with van der Waals surface area (Å²) in [6, 6.07) is 5.14. The second kappa shape index (κ2) is 7.62. The summed E-state index contributed by atoms with van der Waals surface area (Å²) >= 11 is 0. The average molecular weight is 397 g/mol. The molecule has 2 amide bonds. The largest absolute Gasteiger partial charge is 0.354 e. The summed E-state index contributed by atoms with van der Waals surface area (Å²) in [6.07, 6.45) is 10.2. The Kier molecular flexibility index (Phi) is 4.96. The number of amides is 2. The van der Waals surface area contributed by atoms with Gasteiger partial charge >= 0.3 is 0 Å². The molecule has 3 aliphatic heterocycles. The lowest BCUT2D eigenvalue weighted by atomic mass is 9.83. The monoisotopic (exact) mass is 396 g/mol. The predicted molar refractivity (Wildman–Crippen MR) is 112 cm³/mol. The van der Waals surface area contributed by atoms with E-state index in [4.69, 9.17) is 0 Å². The molecule has 0 spiro atoms. The van der Waals surface area contributed by atoms with Crippen LogP contribution in [0, 0.1) is 5.92 Å². The fourth-order valence-electron chi connectivity index (χ4n) is 5.63. The van der Waals surface area contributed by atoms with E-state index in [2.05, 4.69) is 21.7 Å². The van der Waals surface area contributed by atoms with Gasteiger partial charge in [0, 0.05) is 55.9 Å². The topological polar surface area (TPSA) is 56.8 Å². The van der Waals surface area contributed by atoms with E-state index in [1.54, 1.807) is 6.20 Å². The van der Waals surface area contributed by atoms with Crippen LogP contribution in [0.3, 0.4) is 0 Å². The van der Waals surface area contributed by atoms with Gasteiger partial charge < -0.3 is 14.7 Å². The Labute approximate surface area is 173 Å². The lowest BCUT2D eigenvalue weighted by Gasteiger charge is -2.47. The predicted octanol–water partition coefficient (Wildman–Crippen LogP) is 3.08. The van der Waals surface area contributed by atoms with Crippen molar-refractivity contribution in [1.29, 1.82) is 0 Å². The van der Waals surface area contributed by atoms with Crippen molar-refractivity contribution in [2.75, 3.05) is 24.5 Å². The molecular formula is C23H32N4O2. The first-order valence-corrected chi connectivity index (χ1v) is 11.4. The molecule has 0 aromatic carbocycles. The number of rotatable bonds is 3. The second-order valence-electron chi connectivity index (χ2n) is 9.38. The van der Waals surface area contributed by atoms with Crippen LogP contribution in [0.1, 0.15) is 68.6 Å². The molecule has 6 nitrogen and oxygen atoms in total. The molecule has 6 heteroatoms. The summed E-state index contributed by atoms with van der Waals surface area (Å²) in [5.74, 6) is 1.81. The van der Waals surface area contributed by atoms with Crippen molar-refractivity contribution in [3.05, 3.63) is 23.9 Å². The SMILES string of the molecule is C[C@@H]1CCCCN1c1cc(C(=O)N2CC[C@H]3[C@@H](CCC(=O)N3C3CC3)C2)ccn1. The summed E-state index contributed by atoms with van der Waals surface area (Å²) in [7, 11) is 0. The van der Waals surface area contributed by atoms with Crippen LogP contribution >= 0.6 is 0 Å². The van der Waals surface area contributed by atoms with Crippen molar-refractivity contribution in [3.8, 4) is 0 Å².